The summed E-state index contributed by atoms with van der Waals surface area (Å²) in [7, 11) is 0. The molecule has 58 valence electrons. The minimum atomic E-state index is -0.203. The summed E-state index contributed by atoms with van der Waals surface area (Å²) in [4.78, 5) is 10.3. The Hall–Kier alpha value is -0.400. The van der Waals surface area contributed by atoms with Crippen molar-refractivity contribution in [1.82, 2.24) is 0 Å². The number of halogens is 1. The summed E-state index contributed by atoms with van der Waals surface area (Å²) < 4.78 is 12.0. The first-order valence-corrected chi connectivity index (χ1v) is 3.88. The SMILES string of the molecule is O=CC1CCC(CF)CC1. The molecule has 1 aliphatic rings. The van der Waals surface area contributed by atoms with Crippen LogP contribution in [0.3, 0.4) is 0 Å². The standard InChI is InChI=1S/C8H13FO/c9-5-7-1-3-8(6-10)4-2-7/h6-8H,1-5H2. The van der Waals surface area contributed by atoms with Gasteiger partial charge in [-0.05, 0) is 31.6 Å². The zero-order chi connectivity index (χ0) is 7.40. The predicted molar refractivity (Wildman–Crippen MR) is 37.5 cm³/mol. The van der Waals surface area contributed by atoms with Crippen molar-refractivity contribution in [3.63, 3.8) is 0 Å². The maximum Gasteiger partial charge on any atom is 0.123 e. The summed E-state index contributed by atoms with van der Waals surface area (Å²) in [5.41, 5.74) is 0. The van der Waals surface area contributed by atoms with E-state index in [1.165, 1.54) is 0 Å². The van der Waals surface area contributed by atoms with E-state index < -0.39 is 0 Å². The maximum absolute atomic E-state index is 12.0. The Kier molecular flexibility index (Phi) is 2.84. The van der Waals surface area contributed by atoms with Crippen molar-refractivity contribution in [1.29, 1.82) is 0 Å². The van der Waals surface area contributed by atoms with Crippen molar-refractivity contribution >= 4 is 6.29 Å². The molecule has 0 spiro atoms. The fourth-order valence-corrected chi connectivity index (χ4v) is 1.48. The van der Waals surface area contributed by atoms with Crippen LogP contribution < -0.4 is 0 Å². The first kappa shape index (κ1) is 7.70. The second kappa shape index (κ2) is 3.69. The molecule has 0 aromatic carbocycles. The minimum absolute atomic E-state index is 0.203. The summed E-state index contributed by atoms with van der Waals surface area (Å²) in [5.74, 6) is 0.471. The number of carbonyl (C=O) groups excluding carboxylic acids is 1. The number of hydrogen-bond donors (Lipinski definition) is 0. The summed E-state index contributed by atoms with van der Waals surface area (Å²) in [6.45, 7) is -0.203. The highest BCUT2D eigenvalue weighted by Crippen LogP contribution is 2.27. The highest BCUT2D eigenvalue weighted by atomic mass is 19.1. The Labute approximate surface area is 60.6 Å². The lowest BCUT2D eigenvalue weighted by atomic mass is 9.83. The number of rotatable bonds is 2. The Morgan fingerprint density at radius 3 is 2.30 bits per heavy atom. The van der Waals surface area contributed by atoms with Crippen LogP contribution >= 0.6 is 0 Å². The Morgan fingerprint density at radius 2 is 1.90 bits per heavy atom. The van der Waals surface area contributed by atoms with Gasteiger partial charge in [-0.2, -0.15) is 0 Å². The molecule has 1 nitrogen and oxygen atoms in total. The minimum Gasteiger partial charge on any atom is -0.303 e. The van der Waals surface area contributed by atoms with Gasteiger partial charge in [0.1, 0.15) is 6.29 Å². The van der Waals surface area contributed by atoms with Crippen LogP contribution in [0.15, 0.2) is 0 Å². The van der Waals surface area contributed by atoms with Crippen LogP contribution in [0.2, 0.25) is 0 Å². The topological polar surface area (TPSA) is 17.1 Å². The molecule has 1 fully saturated rings. The van der Waals surface area contributed by atoms with Gasteiger partial charge in [0.05, 0.1) is 6.67 Å². The monoisotopic (exact) mass is 144 g/mol. The zero-order valence-corrected chi connectivity index (χ0v) is 6.05. The predicted octanol–water partition coefficient (Wildman–Crippen LogP) is 1.96. The van der Waals surface area contributed by atoms with Crippen molar-refractivity contribution < 1.29 is 9.18 Å². The van der Waals surface area contributed by atoms with Gasteiger partial charge in [0, 0.05) is 5.92 Å². The van der Waals surface area contributed by atoms with Crippen molar-refractivity contribution in [3.05, 3.63) is 0 Å². The molecule has 1 rings (SSSR count). The Morgan fingerprint density at radius 1 is 1.30 bits per heavy atom. The average Bonchev–Trinajstić information content (AvgIpc) is 2.05. The van der Waals surface area contributed by atoms with Crippen LogP contribution in [-0.2, 0) is 4.79 Å². The van der Waals surface area contributed by atoms with Crippen molar-refractivity contribution in [3.8, 4) is 0 Å². The van der Waals surface area contributed by atoms with Crippen LogP contribution in [-0.4, -0.2) is 13.0 Å². The highest BCUT2D eigenvalue weighted by molar-refractivity contribution is 5.53. The molecule has 0 unspecified atom stereocenters. The first-order valence-electron chi connectivity index (χ1n) is 3.88. The average molecular weight is 144 g/mol. The number of carbonyl (C=O) groups is 1. The third-order valence-corrected chi connectivity index (χ3v) is 2.30. The van der Waals surface area contributed by atoms with Crippen LogP contribution in [0.25, 0.3) is 0 Å². The maximum atomic E-state index is 12.0. The van der Waals surface area contributed by atoms with Gasteiger partial charge in [-0.15, -0.1) is 0 Å². The normalized spacial score (nSPS) is 33.7. The van der Waals surface area contributed by atoms with Crippen LogP contribution in [0, 0.1) is 11.8 Å². The third kappa shape index (κ3) is 1.79. The Bertz CT molecular complexity index is 106. The fraction of sp³-hybridized carbons (Fsp3) is 0.875. The van der Waals surface area contributed by atoms with Crippen LogP contribution in [0.1, 0.15) is 25.7 Å². The molecule has 1 saturated carbocycles. The quantitative estimate of drug-likeness (QED) is 0.541. The van der Waals surface area contributed by atoms with Crippen LogP contribution in [0.4, 0.5) is 4.39 Å². The van der Waals surface area contributed by atoms with Gasteiger partial charge in [-0.1, -0.05) is 0 Å². The van der Waals surface area contributed by atoms with Gasteiger partial charge in [0.25, 0.3) is 0 Å². The molecule has 0 radical (unpaired) electrons. The third-order valence-electron chi connectivity index (χ3n) is 2.30. The van der Waals surface area contributed by atoms with Gasteiger partial charge < -0.3 is 4.79 Å². The van der Waals surface area contributed by atoms with Crippen molar-refractivity contribution in [2.24, 2.45) is 11.8 Å². The summed E-state index contributed by atoms with van der Waals surface area (Å²) in [5, 5.41) is 0. The first-order chi connectivity index (χ1) is 4.86. The molecule has 0 atom stereocenters. The zero-order valence-electron chi connectivity index (χ0n) is 6.05. The number of hydrogen-bond acceptors (Lipinski definition) is 1. The molecule has 2 heteroatoms. The summed E-state index contributed by atoms with van der Waals surface area (Å²) in [6.07, 6.45) is 4.62. The molecule has 0 bridgehead atoms. The van der Waals surface area contributed by atoms with E-state index >= 15 is 0 Å². The second-order valence-corrected chi connectivity index (χ2v) is 3.07. The largest absolute Gasteiger partial charge is 0.303 e. The van der Waals surface area contributed by atoms with E-state index in [1.807, 2.05) is 0 Å². The molecule has 0 amide bonds. The second-order valence-electron chi connectivity index (χ2n) is 3.07. The van der Waals surface area contributed by atoms with E-state index in [-0.39, 0.29) is 18.5 Å². The molecule has 0 aliphatic heterocycles. The molecule has 0 aromatic rings. The molecule has 0 saturated heterocycles. The van der Waals surface area contributed by atoms with E-state index in [2.05, 4.69) is 0 Å². The fourth-order valence-electron chi connectivity index (χ4n) is 1.48. The lowest BCUT2D eigenvalue weighted by molar-refractivity contribution is -0.112. The molecule has 1 aliphatic carbocycles. The van der Waals surface area contributed by atoms with Gasteiger partial charge in [0.2, 0.25) is 0 Å². The molecule has 0 aromatic heterocycles. The van der Waals surface area contributed by atoms with Gasteiger partial charge in [0.15, 0.2) is 0 Å². The molecular formula is C8H13FO. The molecule has 10 heavy (non-hydrogen) atoms. The lowest BCUT2D eigenvalue weighted by Gasteiger charge is -2.22. The van der Waals surface area contributed by atoms with E-state index in [0.717, 1.165) is 32.0 Å². The molecule has 0 heterocycles. The number of aldehydes is 1. The van der Waals surface area contributed by atoms with E-state index in [9.17, 15) is 9.18 Å². The smallest absolute Gasteiger partial charge is 0.123 e. The van der Waals surface area contributed by atoms with E-state index in [1.54, 1.807) is 0 Å². The van der Waals surface area contributed by atoms with Gasteiger partial charge in [-0.3, -0.25) is 4.39 Å². The number of alkyl halides is 1. The summed E-state index contributed by atoms with van der Waals surface area (Å²) in [6, 6.07) is 0. The highest BCUT2D eigenvalue weighted by Gasteiger charge is 2.19. The van der Waals surface area contributed by atoms with Crippen LogP contribution in [0.5, 0.6) is 0 Å². The van der Waals surface area contributed by atoms with Gasteiger partial charge >= 0.3 is 0 Å². The molecular weight excluding hydrogens is 131 g/mol. The van der Waals surface area contributed by atoms with E-state index in [4.69, 9.17) is 0 Å². The molecule has 0 N–H and O–H groups in total. The van der Waals surface area contributed by atoms with Crippen molar-refractivity contribution in [2.45, 2.75) is 25.7 Å². The Balaban J connectivity index is 2.23. The lowest BCUT2D eigenvalue weighted by Crippen LogP contribution is -2.16. The van der Waals surface area contributed by atoms with Crippen molar-refractivity contribution in [2.75, 3.05) is 6.67 Å². The van der Waals surface area contributed by atoms with Gasteiger partial charge in [-0.25, -0.2) is 0 Å². The summed E-state index contributed by atoms with van der Waals surface area (Å²) >= 11 is 0. The van der Waals surface area contributed by atoms with E-state index in [0.29, 0.717) is 0 Å².